The van der Waals surface area contributed by atoms with Gasteiger partial charge in [0.05, 0.1) is 46.1 Å². The molecule has 2 heterocycles. The lowest BCUT2D eigenvalue weighted by Crippen LogP contribution is -2.25. The number of anilines is 4. The molecular weight excluding hydrogens is 460 g/mol. The van der Waals surface area contributed by atoms with Gasteiger partial charge in [-0.2, -0.15) is 0 Å². The van der Waals surface area contributed by atoms with Crippen LogP contribution in [-0.2, 0) is 10.0 Å². The third-order valence-electron chi connectivity index (χ3n) is 5.88. The van der Waals surface area contributed by atoms with E-state index >= 15 is 0 Å². The second-order valence-corrected chi connectivity index (χ2v) is 9.97. The van der Waals surface area contributed by atoms with Crippen molar-refractivity contribution >= 4 is 44.4 Å². The van der Waals surface area contributed by atoms with Crippen molar-refractivity contribution in [1.82, 2.24) is 0 Å². The van der Waals surface area contributed by atoms with E-state index in [9.17, 15) is 23.3 Å². The molecule has 3 aromatic rings. The number of rotatable bonds is 4. The van der Waals surface area contributed by atoms with Crippen LogP contribution in [0.15, 0.2) is 54.6 Å². The van der Waals surface area contributed by atoms with Crippen LogP contribution in [0.2, 0.25) is 0 Å². The number of carbonyl (C=O) groups is 1. The van der Waals surface area contributed by atoms with Gasteiger partial charge in [0.25, 0.3) is 5.91 Å². The minimum Gasteiger partial charge on any atom is -0.490 e. The molecule has 0 unspecified atom stereocenters. The van der Waals surface area contributed by atoms with Gasteiger partial charge >= 0.3 is 5.69 Å². The standard InChI is InChI=1S/C23H20N4O6S/c1-33-22-12-15(4-8-21(22)27(29)30)14-3-6-17-19(11-14)24-18-7-5-16(13-20(18)25-23(17)28)26-9-2-10-34(26,31)32/h3-8,11-13,24H,2,9-10H2,1H3,(H,25,28). The van der Waals surface area contributed by atoms with Crippen molar-refractivity contribution in [1.29, 1.82) is 0 Å². The van der Waals surface area contributed by atoms with Gasteiger partial charge in [-0.3, -0.25) is 19.2 Å². The highest BCUT2D eigenvalue weighted by molar-refractivity contribution is 7.93. The second-order valence-electron chi connectivity index (χ2n) is 7.95. The number of amides is 1. The molecule has 1 saturated heterocycles. The Bertz CT molecular complexity index is 1450. The Kier molecular flexibility index (Phi) is 5.13. The Morgan fingerprint density at radius 2 is 1.74 bits per heavy atom. The monoisotopic (exact) mass is 480 g/mol. The van der Waals surface area contributed by atoms with Crippen LogP contribution in [0.4, 0.5) is 28.4 Å². The minimum atomic E-state index is -3.35. The molecule has 2 N–H and O–H groups in total. The maximum absolute atomic E-state index is 12.9. The first-order chi connectivity index (χ1) is 16.3. The van der Waals surface area contributed by atoms with Gasteiger partial charge in [0.2, 0.25) is 10.0 Å². The summed E-state index contributed by atoms with van der Waals surface area (Å²) >= 11 is 0. The predicted molar refractivity (Wildman–Crippen MR) is 129 cm³/mol. The number of hydrogen-bond donors (Lipinski definition) is 2. The zero-order chi connectivity index (χ0) is 24.0. The summed E-state index contributed by atoms with van der Waals surface area (Å²) in [4.78, 5) is 23.6. The van der Waals surface area contributed by atoms with Crippen molar-refractivity contribution in [3.63, 3.8) is 0 Å². The Balaban J connectivity index is 1.52. The van der Waals surface area contributed by atoms with Crippen molar-refractivity contribution in [2.75, 3.05) is 34.3 Å². The molecule has 2 aliphatic rings. The normalized spacial score (nSPS) is 16.0. The van der Waals surface area contributed by atoms with Crippen LogP contribution in [-0.4, -0.2) is 38.7 Å². The van der Waals surface area contributed by atoms with E-state index in [0.29, 0.717) is 46.8 Å². The number of fused-ring (bicyclic) bond motifs is 2. The Morgan fingerprint density at radius 1 is 0.971 bits per heavy atom. The van der Waals surface area contributed by atoms with E-state index in [1.165, 1.54) is 17.5 Å². The first-order valence-corrected chi connectivity index (χ1v) is 12.1. The van der Waals surface area contributed by atoms with Crippen LogP contribution in [0, 0.1) is 10.1 Å². The molecule has 0 spiro atoms. The molecule has 11 heteroatoms. The third-order valence-corrected chi connectivity index (χ3v) is 7.75. The molecule has 34 heavy (non-hydrogen) atoms. The van der Waals surface area contributed by atoms with E-state index in [1.54, 1.807) is 48.5 Å². The highest BCUT2D eigenvalue weighted by Gasteiger charge is 2.29. The van der Waals surface area contributed by atoms with Crippen LogP contribution in [0.5, 0.6) is 5.75 Å². The average molecular weight is 481 g/mol. The number of nitro benzene ring substituents is 1. The Morgan fingerprint density at radius 3 is 2.44 bits per heavy atom. The van der Waals surface area contributed by atoms with Crippen LogP contribution in [0.1, 0.15) is 16.8 Å². The van der Waals surface area contributed by atoms with Crippen LogP contribution in [0.25, 0.3) is 11.1 Å². The summed E-state index contributed by atoms with van der Waals surface area (Å²) in [7, 11) is -1.98. The molecular formula is C23H20N4O6S. The van der Waals surface area contributed by atoms with Crippen LogP contribution < -0.4 is 19.7 Å². The zero-order valence-corrected chi connectivity index (χ0v) is 18.9. The molecule has 1 fully saturated rings. The maximum atomic E-state index is 12.9. The second kappa shape index (κ2) is 8.03. The van der Waals surface area contributed by atoms with Gasteiger partial charge in [0, 0.05) is 12.6 Å². The Labute approximate surface area is 195 Å². The molecule has 5 rings (SSSR count). The van der Waals surface area contributed by atoms with Crippen molar-refractivity contribution in [3.05, 3.63) is 70.3 Å². The molecule has 174 valence electrons. The lowest BCUT2D eigenvalue weighted by Gasteiger charge is -2.19. The van der Waals surface area contributed by atoms with Gasteiger partial charge in [-0.15, -0.1) is 0 Å². The first kappa shape index (κ1) is 21.7. The fraction of sp³-hybridized carbons (Fsp3) is 0.174. The van der Waals surface area contributed by atoms with E-state index in [1.807, 2.05) is 0 Å². The number of nitro groups is 1. The zero-order valence-electron chi connectivity index (χ0n) is 18.1. The van der Waals surface area contributed by atoms with Gasteiger partial charge in [0.1, 0.15) is 0 Å². The number of benzene rings is 3. The largest absolute Gasteiger partial charge is 0.490 e. The molecule has 0 saturated carbocycles. The summed E-state index contributed by atoms with van der Waals surface area (Å²) in [6, 6.07) is 14.9. The van der Waals surface area contributed by atoms with Gasteiger partial charge in [0.15, 0.2) is 5.75 Å². The van der Waals surface area contributed by atoms with E-state index in [2.05, 4.69) is 10.6 Å². The molecule has 3 aromatic carbocycles. The number of sulfonamides is 1. The van der Waals surface area contributed by atoms with Crippen molar-refractivity contribution in [2.45, 2.75) is 6.42 Å². The summed E-state index contributed by atoms with van der Waals surface area (Å²) in [5, 5.41) is 17.3. The quantitative estimate of drug-likeness (QED) is 0.424. The van der Waals surface area contributed by atoms with Crippen LogP contribution >= 0.6 is 0 Å². The molecule has 2 aliphatic heterocycles. The van der Waals surface area contributed by atoms with Gasteiger partial charge < -0.3 is 15.4 Å². The molecule has 10 nitrogen and oxygen atoms in total. The highest BCUT2D eigenvalue weighted by atomic mass is 32.2. The van der Waals surface area contributed by atoms with E-state index < -0.39 is 14.9 Å². The maximum Gasteiger partial charge on any atom is 0.310 e. The Hall–Kier alpha value is -4.12. The number of nitrogens with one attached hydrogen (secondary N) is 2. The highest BCUT2D eigenvalue weighted by Crippen LogP contribution is 2.39. The number of carbonyl (C=O) groups excluding carboxylic acids is 1. The third kappa shape index (κ3) is 3.69. The van der Waals surface area contributed by atoms with Gasteiger partial charge in [-0.05, 0) is 60.0 Å². The summed E-state index contributed by atoms with van der Waals surface area (Å²) < 4.78 is 31.1. The first-order valence-electron chi connectivity index (χ1n) is 10.5. The van der Waals surface area contributed by atoms with E-state index in [0.717, 1.165) is 5.56 Å². The summed E-state index contributed by atoms with van der Waals surface area (Å²) in [6.45, 7) is 0.408. The topological polar surface area (TPSA) is 131 Å². The fourth-order valence-corrected chi connectivity index (χ4v) is 5.75. The molecule has 0 bridgehead atoms. The molecule has 0 aliphatic carbocycles. The van der Waals surface area contributed by atoms with Crippen molar-refractivity contribution < 1.29 is 22.9 Å². The molecule has 0 atom stereocenters. The van der Waals surface area contributed by atoms with Gasteiger partial charge in [-0.1, -0.05) is 6.07 Å². The number of nitrogens with zero attached hydrogens (tertiary/aromatic N) is 2. The molecule has 0 aromatic heterocycles. The number of methoxy groups -OCH3 is 1. The van der Waals surface area contributed by atoms with E-state index in [-0.39, 0.29) is 23.1 Å². The average Bonchev–Trinajstić information content (AvgIpc) is 3.11. The van der Waals surface area contributed by atoms with Crippen molar-refractivity contribution in [3.8, 4) is 16.9 Å². The molecule has 1 amide bonds. The summed E-state index contributed by atoms with van der Waals surface area (Å²) in [6.07, 6.45) is 0.561. The van der Waals surface area contributed by atoms with Crippen molar-refractivity contribution in [2.24, 2.45) is 0 Å². The number of hydrogen-bond acceptors (Lipinski definition) is 7. The van der Waals surface area contributed by atoms with Crippen LogP contribution in [0.3, 0.4) is 0 Å². The van der Waals surface area contributed by atoms with Gasteiger partial charge in [-0.25, -0.2) is 8.42 Å². The van der Waals surface area contributed by atoms with E-state index in [4.69, 9.17) is 4.74 Å². The lowest BCUT2D eigenvalue weighted by atomic mass is 10.0. The summed E-state index contributed by atoms with van der Waals surface area (Å²) in [5.41, 5.74) is 3.83. The lowest BCUT2D eigenvalue weighted by molar-refractivity contribution is -0.385. The minimum absolute atomic E-state index is 0.107. The number of ether oxygens (including phenoxy) is 1. The predicted octanol–water partition coefficient (Wildman–Crippen LogP) is 4.12. The molecule has 0 radical (unpaired) electrons. The summed E-state index contributed by atoms with van der Waals surface area (Å²) in [5.74, 6) is -0.0931. The SMILES string of the molecule is COc1cc(-c2ccc3c(c2)Nc2ccc(N4CCCS4(=O)=O)cc2NC3=O)ccc1[N+](=O)[O-]. The smallest absolute Gasteiger partial charge is 0.310 e. The fourth-order valence-electron chi connectivity index (χ4n) is 4.20.